The van der Waals surface area contributed by atoms with E-state index in [0.717, 1.165) is 0 Å². The Kier molecular flexibility index (Phi) is 4.36. The molecule has 27 heavy (non-hydrogen) atoms. The fourth-order valence-corrected chi connectivity index (χ4v) is 2.43. The minimum absolute atomic E-state index is 0.242. The van der Waals surface area contributed by atoms with E-state index >= 15 is 0 Å². The SMILES string of the molecule is Cc1nc(Oc2ccc(NC(=O)c3ccoc3)cc2)cc(-n2ccnc2)n1. The van der Waals surface area contributed by atoms with Crippen LogP contribution < -0.4 is 10.1 Å². The number of rotatable bonds is 5. The molecule has 0 radical (unpaired) electrons. The number of aryl methyl sites for hydroxylation is 1. The van der Waals surface area contributed by atoms with E-state index in [1.165, 1.54) is 12.5 Å². The van der Waals surface area contributed by atoms with Crippen molar-refractivity contribution >= 4 is 11.6 Å². The zero-order chi connectivity index (χ0) is 18.6. The van der Waals surface area contributed by atoms with Crippen LogP contribution >= 0.6 is 0 Å². The normalized spacial score (nSPS) is 10.6. The number of benzene rings is 1. The minimum atomic E-state index is -0.242. The van der Waals surface area contributed by atoms with Crippen LogP contribution in [0.5, 0.6) is 11.6 Å². The molecule has 3 aromatic heterocycles. The summed E-state index contributed by atoms with van der Waals surface area (Å²) in [6.45, 7) is 1.79. The topological polar surface area (TPSA) is 95.1 Å². The van der Waals surface area contributed by atoms with Crippen molar-refractivity contribution < 1.29 is 13.9 Å². The van der Waals surface area contributed by atoms with Gasteiger partial charge in [-0.15, -0.1) is 0 Å². The number of anilines is 1. The molecule has 8 heteroatoms. The van der Waals surface area contributed by atoms with Crippen molar-refractivity contribution in [3.63, 3.8) is 0 Å². The van der Waals surface area contributed by atoms with Crippen LogP contribution in [-0.4, -0.2) is 25.4 Å². The molecule has 0 bridgehead atoms. The van der Waals surface area contributed by atoms with Crippen LogP contribution in [0.2, 0.25) is 0 Å². The predicted molar refractivity (Wildman–Crippen MR) is 97.1 cm³/mol. The molecule has 1 amide bonds. The highest BCUT2D eigenvalue weighted by Gasteiger charge is 2.09. The fraction of sp³-hybridized carbons (Fsp3) is 0.0526. The second kappa shape index (κ2) is 7.12. The van der Waals surface area contributed by atoms with Gasteiger partial charge in [0, 0.05) is 24.1 Å². The van der Waals surface area contributed by atoms with Gasteiger partial charge in [0.1, 0.15) is 30.0 Å². The molecule has 0 atom stereocenters. The van der Waals surface area contributed by atoms with Crippen LogP contribution in [0.3, 0.4) is 0 Å². The van der Waals surface area contributed by atoms with Crippen molar-refractivity contribution in [3.8, 4) is 17.4 Å². The number of carbonyl (C=O) groups is 1. The largest absolute Gasteiger partial charge is 0.472 e. The second-order valence-corrected chi connectivity index (χ2v) is 5.67. The first-order valence-corrected chi connectivity index (χ1v) is 8.13. The number of imidazole rings is 1. The van der Waals surface area contributed by atoms with Crippen LogP contribution in [0.25, 0.3) is 5.82 Å². The zero-order valence-corrected chi connectivity index (χ0v) is 14.4. The van der Waals surface area contributed by atoms with E-state index in [0.29, 0.717) is 34.5 Å². The lowest BCUT2D eigenvalue weighted by Gasteiger charge is -2.09. The lowest BCUT2D eigenvalue weighted by molar-refractivity contribution is 0.102. The van der Waals surface area contributed by atoms with Crippen LogP contribution in [0.15, 0.2) is 72.1 Å². The number of nitrogens with zero attached hydrogens (tertiary/aromatic N) is 4. The third-order valence-electron chi connectivity index (χ3n) is 3.69. The van der Waals surface area contributed by atoms with Gasteiger partial charge in [-0.05, 0) is 37.3 Å². The lowest BCUT2D eigenvalue weighted by Crippen LogP contribution is -2.10. The first kappa shape index (κ1) is 16.5. The molecule has 1 N–H and O–H groups in total. The first-order chi connectivity index (χ1) is 13.2. The monoisotopic (exact) mass is 361 g/mol. The van der Waals surface area contributed by atoms with E-state index in [1.54, 1.807) is 66.6 Å². The molecule has 0 fully saturated rings. The van der Waals surface area contributed by atoms with Gasteiger partial charge in [0.25, 0.3) is 5.91 Å². The molecule has 1 aromatic carbocycles. The molecule has 0 saturated carbocycles. The van der Waals surface area contributed by atoms with Crippen molar-refractivity contribution in [2.24, 2.45) is 0 Å². The Morgan fingerprint density at radius 3 is 2.74 bits per heavy atom. The Balaban J connectivity index is 1.48. The van der Waals surface area contributed by atoms with Gasteiger partial charge in [-0.1, -0.05) is 0 Å². The third kappa shape index (κ3) is 3.84. The fourth-order valence-electron chi connectivity index (χ4n) is 2.43. The molecule has 8 nitrogen and oxygen atoms in total. The van der Waals surface area contributed by atoms with E-state index in [4.69, 9.17) is 9.15 Å². The molecule has 4 rings (SSSR count). The van der Waals surface area contributed by atoms with Gasteiger partial charge in [0.05, 0.1) is 11.8 Å². The van der Waals surface area contributed by atoms with Gasteiger partial charge in [0.2, 0.25) is 5.88 Å². The van der Waals surface area contributed by atoms with Crippen molar-refractivity contribution in [3.05, 3.63) is 79.0 Å². The number of hydrogen-bond donors (Lipinski definition) is 1. The van der Waals surface area contributed by atoms with Crippen LogP contribution in [0.4, 0.5) is 5.69 Å². The molecule has 0 aliphatic rings. The number of carbonyl (C=O) groups excluding carboxylic acids is 1. The summed E-state index contributed by atoms with van der Waals surface area (Å²) in [6.07, 6.45) is 7.97. The number of ether oxygens (including phenoxy) is 1. The van der Waals surface area contributed by atoms with Crippen molar-refractivity contribution in [2.75, 3.05) is 5.32 Å². The summed E-state index contributed by atoms with van der Waals surface area (Å²) >= 11 is 0. The highest BCUT2D eigenvalue weighted by atomic mass is 16.5. The first-order valence-electron chi connectivity index (χ1n) is 8.13. The summed E-state index contributed by atoms with van der Waals surface area (Å²) in [5.74, 6) is 2.01. The number of furan rings is 1. The molecule has 0 saturated heterocycles. The van der Waals surface area contributed by atoms with E-state index in [9.17, 15) is 4.79 Å². The summed E-state index contributed by atoms with van der Waals surface area (Å²) in [5, 5.41) is 2.78. The smallest absolute Gasteiger partial charge is 0.258 e. The average Bonchev–Trinajstić information content (AvgIpc) is 3.37. The molecule has 3 heterocycles. The van der Waals surface area contributed by atoms with Gasteiger partial charge >= 0.3 is 0 Å². The molecule has 0 aliphatic carbocycles. The molecular formula is C19H15N5O3. The second-order valence-electron chi connectivity index (χ2n) is 5.67. The summed E-state index contributed by atoms with van der Waals surface area (Å²) in [4.78, 5) is 24.7. The highest BCUT2D eigenvalue weighted by molar-refractivity contribution is 6.03. The van der Waals surface area contributed by atoms with E-state index in [2.05, 4.69) is 20.3 Å². The van der Waals surface area contributed by atoms with E-state index < -0.39 is 0 Å². The number of nitrogens with one attached hydrogen (secondary N) is 1. The quantitative estimate of drug-likeness (QED) is 0.583. The summed E-state index contributed by atoms with van der Waals surface area (Å²) < 4.78 is 12.5. The van der Waals surface area contributed by atoms with Crippen molar-refractivity contribution in [1.29, 1.82) is 0 Å². The van der Waals surface area contributed by atoms with Crippen LogP contribution in [-0.2, 0) is 0 Å². The molecule has 0 unspecified atom stereocenters. The Morgan fingerprint density at radius 1 is 1.19 bits per heavy atom. The molecule has 4 aromatic rings. The average molecular weight is 361 g/mol. The number of aromatic nitrogens is 4. The lowest BCUT2D eigenvalue weighted by atomic mass is 10.2. The van der Waals surface area contributed by atoms with Gasteiger partial charge in [-0.25, -0.2) is 9.97 Å². The molecule has 134 valence electrons. The van der Waals surface area contributed by atoms with Gasteiger partial charge < -0.3 is 14.5 Å². The Bertz CT molecular complexity index is 1040. The van der Waals surface area contributed by atoms with Crippen molar-refractivity contribution in [2.45, 2.75) is 6.92 Å². The van der Waals surface area contributed by atoms with Crippen LogP contribution in [0.1, 0.15) is 16.2 Å². The van der Waals surface area contributed by atoms with Crippen molar-refractivity contribution in [1.82, 2.24) is 19.5 Å². The number of amides is 1. The Labute approximate surface area is 154 Å². The van der Waals surface area contributed by atoms with E-state index in [-0.39, 0.29) is 5.91 Å². The van der Waals surface area contributed by atoms with E-state index in [1.807, 2.05) is 0 Å². The third-order valence-corrected chi connectivity index (χ3v) is 3.69. The number of hydrogen-bond acceptors (Lipinski definition) is 6. The molecular weight excluding hydrogens is 346 g/mol. The van der Waals surface area contributed by atoms with Crippen LogP contribution in [0, 0.1) is 6.92 Å². The minimum Gasteiger partial charge on any atom is -0.472 e. The summed E-state index contributed by atoms with van der Waals surface area (Å²) in [7, 11) is 0. The Morgan fingerprint density at radius 2 is 2.04 bits per heavy atom. The Hall–Kier alpha value is -3.94. The molecule has 0 aliphatic heterocycles. The van der Waals surface area contributed by atoms with Gasteiger partial charge in [-0.3, -0.25) is 9.36 Å². The standard InChI is InChI=1S/C19H15N5O3/c1-13-21-17(24-8-7-20-12-24)10-18(22-13)27-16-4-2-15(3-5-16)23-19(25)14-6-9-26-11-14/h2-12H,1H3,(H,23,25). The summed E-state index contributed by atoms with van der Waals surface area (Å²) in [6, 6.07) is 10.3. The summed E-state index contributed by atoms with van der Waals surface area (Å²) in [5.41, 5.74) is 1.10. The molecule has 0 spiro atoms. The maximum Gasteiger partial charge on any atom is 0.258 e. The maximum atomic E-state index is 12.0. The highest BCUT2D eigenvalue weighted by Crippen LogP contribution is 2.23. The predicted octanol–water partition coefficient (Wildman–Crippen LogP) is 3.61. The van der Waals surface area contributed by atoms with Gasteiger partial charge in [0.15, 0.2) is 0 Å². The zero-order valence-electron chi connectivity index (χ0n) is 14.4. The van der Waals surface area contributed by atoms with Gasteiger partial charge in [-0.2, -0.15) is 4.98 Å². The maximum absolute atomic E-state index is 12.0.